The predicted molar refractivity (Wildman–Crippen MR) is 93.5 cm³/mol. The molecule has 0 unspecified atom stereocenters. The summed E-state index contributed by atoms with van der Waals surface area (Å²) in [5.41, 5.74) is 2.92. The first kappa shape index (κ1) is 17.7. The topological polar surface area (TPSA) is 62.3 Å². The Morgan fingerprint density at radius 1 is 1.30 bits per heavy atom. The zero-order valence-corrected chi connectivity index (χ0v) is 15.3. The lowest BCUT2D eigenvalue weighted by atomic mass is 9.96. The van der Waals surface area contributed by atoms with Crippen LogP contribution in [-0.2, 0) is 16.0 Å². The van der Waals surface area contributed by atoms with E-state index >= 15 is 0 Å². The summed E-state index contributed by atoms with van der Waals surface area (Å²) in [6.07, 6.45) is 1.23. The Morgan fingerprint density at radius 2 is 2.00 bits per heavy atom. The SMILES string of the molecule is CC1=C(C)CN(C(=O)Cc2csc(NC(=O)C(C)(C)C)n2)CC1. The molecule has 2 heterocycles. The number of carbonyl (C=O) groups is 2. The molecule has 1 aromatic rings. The van der Waals surface area contributed by atoms with Crippen LogP contribution in [0, 0.1) is 5.41 Å². The molecule has 0 spiro atoms. The summed E-state index contributed by atoms with van der Waals surface area (Å²) >= 11 is 1.36. The molecule has 1 aromatic heterocycles. The summed E-state index contributed by atoms with van der Waals surface area (Å²) in [6, 6.07) is 0. The van der Waals surface area contributed by atoms with Gasteiger partial charge in [0.25, 0.3) is 0 Å². The van der Waals surface area contributed by atoms with E-state index in [1.807, 2.05) is 31.1 Å². The van der Waals surface area contributed by atoms with Crippen molar-refractivity contribution in [2.45, 2.75) is 47.5 Å². The standard InChI is InChI=1S/C17H25N3O2S/c1-11-6-7-20(9-12(11)2)14(21)8-13-10-23-16(18-13)19-15(22)17(3,4)5/h10H,6-9H2,1-5H3,(H,18,19,22). The van der Waals surface area contributed by atoms with Gasteiger partial charge in [-0.3, -0.25) is 9.59 Å². The van der Waals surface area contributed by atoms with Crippen molar-refractivity contribution in [1.82, 2.24) is 9.88 Å². The van der Waals surface area contributed by atoms with Gasteiger partial charge in [0.2, 0.25) is 11.8 Å². The third-order valence-electron chi connectivity index (χ3n) is 4.05. The van der Waals surface area contributed by atoms with Crippen molar-refractivity contribution in [1.29, 1.82) is 0 Å². The minimum Gasteiger partial charge on any atom is -0.338 e. The van der Waals surface area contributed by atoms with Crippen LogP contribution >= 0.6 is 11.3 Å². The van der Waals surface area contributed by atoms with E-state index in [0.29, 0.717) is 17.4 Å². The van der Waals surface area contributed by atoms with Crippen molar-refractivity contribution < 1.29 is 9.59 Å². The minimum absolute atomic E-state index is 0.0722. The smallest absolute Gasteiger partial charge is 0.231 e. The molecule has 23 heavy (non-hydrogen) atoms. The molecule has 0 saturated heterocycles. The largest absolute Gasteiger partial charge is 0.338 e. The maximum atomic E-state index is 12.4. The van der Waals surface area contributed by atoms with Gasteiger partial charge in [-0.25, -0.2) is 4.98 Å². The summed E-state index contributed by atoms with van der Waals surface area (Å²) in [4.78, 5) is 30.6. The number of hydrogen-bond donors (Lipinski definition) is 1. The van der Waals surface area contributed by atoms with Crippen LogP contribution in [0.3, 0.4) is 0 Å². The molecule has 0 bridgehead atoms. The van der Waals surface area contributed by atoms with Crippen LogP contribution in [0.2, 0.25) is 0 Å². The third kappa shape index (κ3) is 4.64. The van der Waals surface area contributed by atoms with E-state index in [1.54, 1.807) is 0 Å². The Labute approximate surface area is 141 Å². The second-order valence-electron chi connectivity index (χ2n) is 7.15. The first-order valence-corrected chi connectivity index (χ1v) is 8.73. The molecule has 0 aliphatic carbocycles. The zero-order chi connectivity index (χ0) is 17.2. The average molecular weight is 335 g/mol. The van der Waals surface area contributed by atoms with Gasteiger partial charge >= 0.3 is 0 Å². The highest BCUT2D eigenvalue weighted by Gasteiger charge is 2.23. The quantitative estimate of drug-likeness (QED) is 0.863. The first-order chi connectivity index (χ1) is 10.7. The molecule has 1 N–H and O–H groups in total. The number of thiazole rings is 1. The van der Waals surface area contributed by atoms with Gasteiger partial charge in [0, 0.05) is 23.9 Å². The average Bonchev–Trinajstić information content (AvgIpc) is 2.88. The van der Waals surface area contributed by atoms with Crippen LogP contribution in [0.15, 0.2) is 16.5 Å². The van der Waals surface area contributed by atoms with Crippen LogP contribution in [-0.4, -0.2) is 34.8 Å². The van der Waals surface area contributed by atoms with E-state index in [1.165, 1.54) is 22.5 Å². The number of rotatable bonds is 3. The first-order valence-electron chi connectivity index (χ1n) is 7.85. The molecule has 0 radical (unpaired) electrons. The molecule has 0 atom stereocenters. The van der Waals surface area contributed by atoms with Crippen LogP contribution in [0.25, 0.3) is 0 Å². The molecule has 6 heteroatoms. The van der Waals surface area contributed by atoms with Gasteiger partial charge in [0.15, 0.2) is 5.13 Å². The lowest BCUT2D eigenvalue weighted by molar-refractivity contribution is -0.130. The Kier molecular flexibility index (Phi) is 5.24. The fraction of sp³-hybridized carbons (Fsp3) is 0.588. The highest BCUT2D eigenvalue weighted by molar-refractivity contribution is 7.13. The Hall–Kier alpha value is -1.69. The lowest BCUT2D eigenvalue weighted by Gasteiger charge is -2.28. The number of carbonyl (C=O) groups excluding carboxylic acids is 2. The molecule has 2 rings (SSSR count). The molecule has 0 fully saturated rings. The molecule has 0 aromatic carbocycles. The third-order valence-corrected chi connectivity index (χ3v) is 4.86. The fourth-order valence-corrected chi connectivity index (χ4v) is 2.93. The van der Waals surface area contributed by atoms with E-state index in [2.05, 4.69) is 24.1 Å². The van der Waals surface area contributed by atoms with Crippen LogP contribution < -0.4 is 5.32 Å². The monoisotopic (exact) mass is 335 g/mol. The summed E-state index contributed by atoms with van der Waals surface area (Å²) < 4.78 is 0. The number of anilines is 1. The second kappa shape index (κ2) is 6.83. The highest BCUT2D eigenvalue weighted by atomic mass is 32.1. The molecule has 5 nitrogen and oxygen atoms in total. The molecule has 1 aliphatic rings. The zero-order valence-electron chi connectivity index (χ0n) is 14.5. The highest BCUT2D eigenvalue weighted by Crippen LogP contribution is 2.22. The minimum atomic E-state index is -0.461. The van der Waals surface area contributed by atoms with Gasteiger partial charge in [-0.1, -0.05) is 31.9 Å². The normalized spacial score (nSPS) is 15.8. The Balaban J connectivity index is 1.94. The maximum Gasteiger partial charge on any atom is 0.231 e. The Bertz CT molecular complexity index is 641. The summed E-state index contributed by atoms with van der Waals surface area (Å²) in [7, 11) is 0. The van der Waals surface area contributed by atoms with Crippen molar-refractivity contribution in [2.24, 2.45) is 5.41 Å². The van der Waals surface area contributed by atoms with Gasteiger partial charge in [0.1, 0.15) is 0 Å². The van der Waals surface area contributed by atoms with Gasteiger partial charge in [-0.15, -0.1) is 11.3 Å². The number of amides is 2. The van der Waals surface area contributed by atoms with Crippen LogP contribution in [0.5, 0.6) is 0 Å². The van der Waals surface area contributed by atoms with E-state index in [4.69, 9.17) is 0 Å². The molecule has 0 saturated carbocycles. The van der Waals surface area contributed by atoms with Crippen molar-refractivity contribution in [3.63, 3.8) is 0 Å². The summed E-state index contributed by atoms with van der Waals surface area (Å²) in [5.74, 6) is 0.0212. The molecule has 126 valence electrons. The van der Waals surface area contributed by atoms with Gasteiger partial charge in [-0.05, 0) is 20.3 Å². The molecular weight excluding hydrogens is 310 g/mol. The van der Waals surface area contributed by atoms with Gasteiger partial charge in [0.05, 0.1) is 12.1 Å². The fourth-order valence-electron chi connectivity index (χ4n) is 2.23. The van der Waals surface area contributed by atoms with Crippen LogP contribution in [0.4, 0.5) is 5.13 Å². The van der Waals surface area contributed by atoms with Crippen molar-refractivity contribution in [3.05, 3.63) is 22.2 Å². The molecular formula is C17H25N3O2S. The second-order valence-corrected chi connectivity index (χ2v) is 8.01. The number of aromatic nitrogens is 1. The summed E-state index contributed by atoms with van der Waals surface area (Å²) in [5, 5.41) is 5.20. The van der Waals surface area contributed by atoms with Crippen molar-refractivity contribution >= 4 is 28.3 Å². The van der Waals surface area contributed by atoms with E-state index in [9.17, 15) is 9.59 Å². The van der Waals surface area contributed by atoms with E-state index < -0.39 is 5.41 Å². The molecule has 2 amide bonds. The van der Waals surface area contributed by atoms with Gasteiger partial charge < -0.3 is 10.2 Å². The van der Waals surface area contributed by atoms with E-state index in [-0.39, 0.29) is 18.2 Å². The van der Waals surface area contributed by atoms with Crippen molar-refractivity contribution in [2.75, 3.05) is 18.4 Å². The van der Waals surface area contributed by atoms with E-state index in [0.717, 1.165) is 13.0 Å². The molecule has 1 aliphatic heterocycles. The summed E-state index contributed by atoms with van der Waals surface area (Å²) in [6.45, 7) is 11.3. The van der Waals surface area contributed by atoms with Crippen molar-refractivity contribution in [3.8, 4) is 0 Å². The number of nitrogens with one attached hydrogen (secondary N) is 1. The lowest BCUT2D eigenvalue weighted by Crippen LogP contribution is -2.37. The van der Waals surface area contributed by atoms with Crippen LogP contribution in [0.1, 0.15) is 46.7 Å². The predicted octanol–water partition coefficient (Wildman–Crippen LogP) is 3.24. The number of hydrogen-bond acceptors (Lipinski definition) is 4. The maximum absolute atomic E-state index is 12.4. The Morgan fingerprint density at radius 3 is 2.61 bits per heavy atom. The number of nitrogens with zero attached hydrogens (tertiary/aromatic N) is 2. The van der Waals surface area contributed by atoms with Gasteiger partial charge in [-0.2, -0.15) is 0 Å².